The lowest BCUT2D eigenvalue weighted by atomic mass is 9.51. The van der Waals surface area contributed by atoms with Crippen LogP contribution in [-0.2, 0) is 4.74 Å². The Morgan fingerprint density at radius 3 is 2.94 bits per heavy atom. The van der Waals surface area contributed by atoms with Crippen molar-refractivity contribution in [2.24, 2.45) is 11.3 Å². The number of nitrogens with zero attached hydrogens (tertiary/aromatic N) is 2. The number of nitro groups is 1. The molecule has 0 aromatic heterocycles. The molecule has 2 aliphatic heterocycles. The summed E-state index contributed by atoms with van der Waals surface area (Å²) in [6.45, 7) is 0.836. The summed E-state index contributed by atoms with van der Waals surface area (Å²) in [5.41, 5.74) is -0.640. The zero-order valence-electron chi connectivity index (χ0n) is 17.6. The highest BCUT2D eigenvalue weighted by molar-refractivity contribution is 6.05. The Morgan fingerprint density at radius 2 is 2.16 bits per heavy atom. The molecule has 1 aromatic carbocycles. The molecule has 1 aromatic rings. The number of hydrogen-bond acceptors (Lipinski definition) is 7. The molecule has 8 nitrogen and oxygen atoms in total. The number of non-ortho nitro benzene ring substituents is 1. The van der Waals surface area contributed by atoms with Gasteiger partial charge in [0.05, 0.1) is 4.92 Å². The summed E-state index contributed by atoms with van der Waals surface area (Å²) >= 11 is 0. The maximum absolute atomic E-state index is 13.6. The third kappa shape index (κ3) is 2.29. The Hall–Kier alpha value is -2.81. The zero-order valence-corrected chi connectivity index (χ0v) is 17.6. The third-order valence-corrected chi connectivity index (χ3v) is 8.19. The van der Waals surface area contributed by atoms with Gasteiger partial charge < -0.3 is 19.8 Å². The lowest BCUT2D eigenvalue weighted by Gasteiger charge is -2.58. The summed E-state index contributed by atoms with van der Waals surface area (Å²) in [6.07, 6.45) is 5.96. The zero-order chi connectivity index (χ0) is 22.4. The molecule has 0 amide bonds. The lowest BCUT2D eigenvalue weighted by molar-refractivity contribution is -0.384. The molecule has 0 radical (unpaired) electrons. The highest BCUT2D eigenvalue weighted by atomic mass is 16.6. The third-order valence-electron chi connectivity index (χ3n) is 8.19. The average molecular weight is 436 g/mol. The number of ether oxygens (including phenoxy) is 1. The van der Waals surface area contributed by atoms with E-state index in [0.29, 0.717) is 0 Å². The van der Waals surface area contributed by atoms with Crippen LogP contribution >= 0.6 is 0 Å². The molecule has 1 saturated carbocycles. The van der Waals surface area contributed by atoms with Gasteiger partial charge in [0, 0.05) is 47.1 Å². The molecular formula is C24H24N2O6. The molecule has 1 unspecified atom stereocenters. The van der Waals surface area contributed by atoms with Gasteiger partial charge in [-0.1, -0.05) is 30.4 Å². The second kappa shape index (κ2) is 6.37. The molecular weight excluding hydrogens is 412 g/mol. The highest BCUT2D eigenvalue weighted by Gasteiger charge is 2.68. The SMILES string of the molecule is CN1CC[C@]23C4=C5O[C@H]2[C@@H](O)C=C[C@H]3[C@H]1CC4=CCC5(O)C(=O)c1cccc([N+](=O)[O-])c1. The van der Waals surface area contributed by atoms with Crippen molar-refractivity contribution in [1.82, 2.24) is 4.90 Å². The minimum atomic E-state index is -1.96. The number of likely N-dealkylation sites (tertiary alicyclic amines) is 1. The number of aliphatic hydroxyl groups excluding tert-OH is 1. The molecule has 3 aliphatic carbocycles. The first-order valence-electron chi connectivity index (χ1n) is 11.0. The van der Waals surface area contributed by atoms with Crippen molar-refractivity contribution in [3.05, 3.63) is 75.1 Å². The molecule has 1 saturated heterocycles. The largest absolute Gasteiger partial charge is 0.487 e. The fourth-order valence-corrected chi connectivity index (χ4v) is 6.69. The van der Waals surface area contributed by atoms with Crippen molar-refractivity contribution < 1.29 is 24.7 Å². The molecule has 32 heavy (non-hydrogen) atoms. The predicted octanol–water partition coefficient (Wildman–Crippen LogP) is 2.13. The molecule has 2 fully saturated rings. The minimum Gasteiger partial charge on any atom is -0.487 e. The molecule has 8 heteroatoms. The number of ketones is 1. The van der Waals surface area contributed by atoms with Crippen LogP contribution in [0.2, 0.25) is 0 Å². The van der Waals surface area contributed by atoms with Gasteiger partial charge in [-0.15, -0.1) is 0 Å². The first-order chi connectivity index (χ1) is 15.3. The first-order valence-corrected chi connectivity index (χ1v) is 11.0. The van der Waals surface area contributed by atoms with Gasteiger partial charge in [-0.2, -0.15) is 0 Å². The monoisotopic (exact) mass is 436 g/mol. The van der Waals surface area contributed by atoms with E-state index in [1.807, 2.05) is 6.08 Å². The van der Waals surface area contributed by atoms with Crippen molar-refractivity contribution in [3.63, 3.8) is 0 Å². The van der Waals surface area contributed by atoms with Crippen LogP contribution in [0, 0.1) is 21.4 Å². The Bertz CT molecular complexity index is 1150. The van der Waals surface area contributed by atoms with Crippen molar-refractivity contribution in [3.8, 4) is 0 Å². The van der Waals surface area contributed by atoms with Gasteiger partial charge in [0.1, 0.15) is 18.0 Å². The van der Waals surface area contributed by atoms with Crippen LogP contribution in [0.5, 0.6) is 0 Å². The van der Waals surface area contributed by atoms with Gasteiger partial charge in [0.2, 0.25) is 5.78 Å². The lowest BCUT2D eigenvalue weighted by Crippen LogP contribution is -2.62. The number of piperidine rings is 1. The number of nitro benzene ring substituents is 1. The summed E-state index contributed by atoms with van der Waals surface area (Å²) in [5, 5.41) is 33.8. The second-order valence-corrected chi connectivity index (χ2v) is 9.62. The van der Waals surface area contributed by atoms with E-state index < -0.39 is 33.9 Å². The van der Waals surface area contributed by atoms with Gasteiger partial charge in [-0.05, 0) is 32.0 Å². The topological polar surface area (TPSA) is 113 Å². The molecule has 1 spiro atoms. The van der Waals surface area contributed by atoms with E-state index in [2.05, 4.69) is 18.0 Å². The summed E-state index contributed by atoms with van der Waals surface area (Å²) in [7, 11) is 2.11. The smallest absolute Gasteiger partial charge is 0.270 e. The maximum atomic E-state index is 13.6. The molecule has 166 valence electrons. The van der Waals surface area contributed by atoms with Crippen molar-refractivity contribution in [1.29, 1.82) is 0 Å². The number of Topliss-reactive ketones (excluding diaryl/α,β-unsaturated/α-hetero) is 1. The van der Waals surface area contributed by atoms with Gasteiger partial charge in [-0.25, -0.2) is 0 Å². The summed E-state index contributed by atoms with van der Waals surface area (Å²) in [6, 6.07) is 5.69. The van der Waals surface area contributed by atoms with Gasteiger partial charge in [0.15, 0.2) is 5.60 Å². The van der Waals surface area contributed by atoms with Gasteiger partial charge in [0.25, 0.3) is 5.69 Å². The fourth-order valence-electron chi connectivity index (χ4n) is 6.69. The van der Waals surface area contributed by atoms with Gasteiger partial charge >= 0.3 is 0 Å². The Kier molecular flexibility index (Phi) is 3.95. The van der Waals surface area contributed by atoms with E-state index in [4.69, 9.17) is 4.74 Å². The van der Waals surface area contributed by atoms with E-state index in [1.165, 1.54) is 24.3 Å². The molecule has 6 atom stereocenters. The first kappa shape index (κ1) is 19.8. The summed E-state index contributed by atoms with van der Waals surface area (Å²) in [4.78, 5) is 26.5. The molecule has 6 rings (SSSR count). The number of aliphatic hydroxyl groups is 2. The summed E-state index contributed by atoms with van der Waals surface area (Å²) < 4.78 is 6.32. The Morgan fingerprint density at radius 1 is 1.34 bits per heavy atom. The van der Waals surface area contributed by atoms with Crippen LogP contribution in [0.4, 0.5) is 5.69 Å². The van der Waals surface area contributed by atoms with E-state index in [1.54, 1.807) is 6.08 Å². The molecule has 2 heterocycles. The van der Waals surface area contributed by atoms with Crippen molar-refractivity contribution in [2.75, 3.05) is 13.6 Å². The quantitative estimate of drug-likeness (QED) is 0.323. The average Bonchev–Trinajstić information content (AvgIpc) is 3.15. The molecule has 5 aliphatic rings. The highest BCUT2D eigenvalue weighted by Crippen LogP contribution is 2.66. The number of rotatable bonds is 3. The van der Waals surface area contributed by atoms with Crippen LogP contribution in [0.3, 0.4) is 0 Å². The summed E-state index contributed by atoms with van der Waals surface area (Å²) in [5.74, 6) is -0.273. The standard InChI is InChI=1S/C24H24N2O6/c1-25-10-9-23-16-5-6-18(27)21(23)32-22-19(23)13(12-17(16)25)7-8-24(22,29)20(28)14-3-2-4-15(11-14)26(30)31/h2-7,11,16-18,21,27,29H,8-10,12H2,1H3/t16-,17+,18-,21-,23-,24?/m0/s1. The number of benzene rings is 1. The van der Waals surface area contributed by atoms with Crippen LogP contribution in [0.25, 0.3) is 0 Å². The van der Waals surface area contributed by atoms with Crippen molar-refractivity contribution in [2.45, 2.75) is 43.1 Å². The Labute approximate surface area is 184 Å². The molecule has 2 N–H and O–H groups in total. The maximum Gasteiger partial charge on any atom is 0.270 e. The Balaban J connectivity index is 1.50. The number of carbonyl (C=O) groups is 1. The van der Waals surface area contributed by atoms with Crippen LogP contribution in [-0.4, -0.2) is 63.3 Å². The van der Waals surface area contributed by atoms with Crippen LogP contribution in [0.1, 0.15) is 29.6 Å². The van der Waals surface area contributed by atoms with Gasteiger partial charge in [-0.3, -0.25) is 14.9 Å². The normalized spacial score (nSPS) is 39.3. The van der Waals surface area contributed by atoms with Crippen LogP contribution < -0.4 is 0 Å². The second-order valence-electron chi connectivity index (χ2n) is 9.62. The van der Waals surface area contributed by atoms with E-state index >= 15 is 0 Å². The minimum absolute atomic E-state index is 0.0378. The van der Waals surface area contributed by atoms with E-state index in [9.17, 15) is 25.1 Å². The van der Waals surface area contributed by atoms with E-state index in [-0.39, 0.29) is 35.4 Å². The van der Waals surface area contributed by atoms with Crippen LogP contribution in [0.15, 0.2) is 59.4 Å². The van der Waals surface area contributed by atoms with E-state index in [0.717, 1.165) is 30.5 Å². The fraction of sp³-hybridized carbons (Fsp3) is 0.458. The number of hydrogen-bond donors (Lipinski definition) is 2. The molecule has 2 bridgehead atoms. The van der Waals surface area contributed by atoms with Crippen molar-refractivity contribution >= 4 is 11.5 Å². The predicted molar refractivity (Wildman–Crippen MR) is 114 cm³/mol. The number of carbonyl (C=O) groups excluding carboxylic acids is 1.